The Hall–Kier alpha value is -2.35. The maximum absolute atomic E-state index is 10.1. The molecule has 0 spiro atoms. The lowest BCUT2D eigenvalue weighted by molar-refractivity contribution is 0.174. The van der Waals surface area contributed by atoms with E-state index in [1.807, 2.05) is 36.4 Å². The van der Waals surface area contributed by atoms with Crippen LogP contribution < -0.4 is 10.1 Å². The second-order valence-corrected chi connectivity index (χ2v) is 4.73. The van der Waals surface area contributed by atoms with E-state index in [2.05, 4.69) is 11.4 Å². The molecule has 0 bridgehead atoms. The molecule has 0 aromatic heterocycles. The number of nitrogens with one attached hydrogen (secondary N) is 1. The monoisotopic (exact) mass is 282 g/mol. The molecule has 108 valence electrons. The average Bonchev–Trinajstić information content (AvgIpc) is 2.55. The summed E-state index contributed by atoms with van der Waals surface area (Å²) in [6.07, 6.45) is -0.561. The first-order valence-electron chi connectivity index (χ1n) is 6.74. The van der Waals surface area contributed by atoms with Crippen molar-refractivity contribution in [2.45, 2.75) is 12.6 Å². The van der Waals surface area contributed by atoms with Gasteiger partial charge in [0.1, 0.15) is 5.75 Å². The molecule has 4 nitrogen and oxygen atoms in total. The molecule has 2 N–H and O–H groups in total. The minimum atomic E-state index is -0.561. The van der Waals surface area contributed by atoms with Crippen LogP contribution in [0.4, 0.5) is 0 Å². The summed E-state index contributed by atoms with van der Waals surface area (Å²) in [4.78, 5) is 0. The highest BCUT2D eigenvalue weighted by atomic mass is 16.5. The molecule has 2 aromatic carbocycles. The third kappa shape index (κ3) is 4.32. The van der Waals surface area contributed by atoms with Gasteiger partial charge in [0.25, 0.3) is 0 Å². The van der Waals surface area contributed by atoms with Gasteiger partial charge in [0.15, 0.2) is 0 Å². The zero-order valence-electron chi connectivity index (χ0n) is 11.9. The molecule has 2 aromatic rings. The number of methoxy groups -OCH3 is 1. The molecule has 2 rings (SSSR count). The molecule has 0 aliphatic carbocycles. The Morgan fingerprint density at radius 1 is 1.14 bits per heavy atom. The van der Waals surface area contributed by atoms with E-state index in [0.717, 1.165) is 16.9 Å². The highest BCUT2D eigenvalue weighted by molar-refractivity contribution is 5.31. The lowest BCUT2D eigenvalue weighted by Crippen LogP contribution is -2.21. The van der Waals surface area contributed by atoms with Crippen LogP contribution in [0.1, 0.15) is 22.8 Å². The summed E-state index contributed by atoms with van der Waals surface area (Å²) in [5.41, 5.74) is 2.58. The van der Waals surface area contributed by atoms with E-state index >= 15 is 0 Å². The first-order valence-corrected chi connectivity index (χ1v) is 6.74. The molecule has 1 atom stereocenters. The van der Waals surface area contributed by atoms with Crippen molar-refractivity contribution >= 4 is 0 Å². The fourth-order valence-electron chi connectivity index (χ4n) is 1.99. The highest BCUT2D eigenvalue weighted by Crippen LogP contribution is 2.17. The molecule has 21 heavy (non-hydrogen) atoms. The van der Waals surface area contributed by atoms with Gasteiger partial charge in [0.2, 0.25) is 0 Å². The van der Waals surface area contributed by atoms with Crippen LogP contribution in [0, 0.1) is 11.3 Å². The number of hydrogen-bond donors (Lipinski definition) is 2. The Morgan fingerprint density at radius 3 is 2.38 bits per heavy atom. The van der Waals surface area contributed by atoms with E-state index in [1.165, 1.54) is 0 Å². The lowest BCUT2D eigenvalue weighted by Gasteiger charge is -2.13. The molecule has 0 aliphatic heterocycles. The topological polar surface area (TPSA) is 65.3 Å². The Kier molecular flexibility index (Phi) is 5.33. The molecule has 0 saturated heterocycles. The summed E-state index contributed by atoms with van der Waals surface area (Å²) in [5.74, 6) is 0.775. The third-order valence-electron chi connectivity index (χ3n) is 3.25. The van der Waals surface area contributed by atoms with Crippen molar-refractivity contribution in [1.82, 2.24) is 5.32 Å². The first-order chi connectivity index (χ1) is 10.2. The quantitative estimate of drug-likeness (QED) is 0.854. The van der Waals surface area contributed by atoms with Crippen LogP contribution in [-0.2, 0) is 6.54 Å². The van der Waals surface area contributed by atoms with E-state index in [0.29, 0.717) is 18.7 Å². The van der Waals surface area contributed by atoms with Crippen molar-refractivity contribution in [2.75, 3.05) is 13.7 Å². The van der Waals surface area contributed by atoms with Crippen molar-refractivity contribution in [1.29, 1.82) is 5.26 Å². The van der Waals surface area contributed by atoms with Crippen LogP contribution in [0.25, 0.3) is 0 Å². The van der Waals surface area contributed by atoms with E-state index in [9.17, 15) is 5.11 Å². The van der Waals surface area contributed by atoms with Gasteiger partial charge in [-0.05, 0) is 35.4 Å². The maximum atomic E-state index is 10.1. The molecule has 0 radical (unpaired) electrons. The summed E-state index contributed by atoms with van der Waals surface area (Å²) in [5, 5.41) is 22.0. The zero-order chi connectivity index (χ0) is 15.1. The Morgan fingerprint density at radius 2 is 1.81 bits per heavy atom. The van der Waals surface area contributed by atoms with Crippen LogP contribution in [0.15, 0.2) is 48.5 Å². The van der Waals surface area contributed by atoms with Crippen LogP contribution in [0.3, 0.4) is 0 Å². The van der Waals surface area contributed by atoms with Crippen LogP contribution in [0.2, 0.25) is 0 Å². The number of hydrogen-bond acceptors (Lipinski definition) is 4. The van der Waals surface area contributed by atoms with Gasteiger partial charge in [-0.25, -0.2) is 0 Å². The van der Waals surface area contributed by atoms with E-state index < -0.39 is 6.10 Å². The lowest BCUT2D eigenvalue weighted by atomic mass is 10.1. The summed E-state index contributed by atoms with van der Waals surface area (Å²) in [6, 6.07) is 16.9. The highest BCUT2D eigenvalue weighted by Gasteiger charge is 2.07. The van der Waals surface area contributed by atoms with E-state index in [4.69, 9.17) is 10.00 Å². The van der Waals surface area contributed by atoms with Gasteiger partial charge in [0, 0.05) is 13.1 Å². The molecule has 0 amide bonds. The van der Waals surface area contributed by atoms with Gasteiger partial charge in [-0.3, -0.25) is 0 Å². The van der Waals surface area contributed by atoms with Gasteiger partial charge in [-0.1, -0.05) is 24.3 Å². The van der Waals surface area contributed by atoms with Crippen molar-refractivity contribution in [2.24, 2.45) is 0 Å². The molecule has 0 unspecified atom stereocenters. The smallest absolute Gasteiger partial charge is 0.118 e. The summed E-state index contributed by atoms with van der Waals surface area (Å²) in [6.45, 7) is 1.12. The molecular formula is C17H18N2O2. The zero-order valence-corrected chi connectivity index (χ0v) is 11.9. The molecule has 4 heteroatoms. The fourth-order valence-corrected chi connectivity index (χ4v) is 1.99. The van der Waals surface area contributed by atoms with Crippen LogP contribution in [-0.4, -0.2) is 18.8 Å². The standard InChI is InChI=1S/C17H18N2O2/c1-21-16-8-6-15(7-9-16)17(20)12-19-11-14-4-2-13(10-18)3-5-14/h2-9,17,19-20H,11-12H2,1H3/t17-/m1/s1. The summed E-state index contributed by atoms with van der Waals surface area (Å²) < 4.78 is 5.09. The van der Waals surface area contributed by atoms with Gasteiger partial charge < -0.3 is 15.2 Å². The van der Waals surface area contributed by atoms with Crippen molar-refractivity contribution in [3.05, 3.63) is 65.2 Å². The molecule has 0 aliphatic rings. The molecule has 0 heterocycles. The second-order valence-electron chi connectivity index (χ2n) is 4.73. The van der Waals surface area contributed by atoms with Crippen molar-refractivity contribution in [3.63, 3.8) is 0 Å². The molecule has 0 fully saturated rings. The largest absolute Gasteiger partial charge is 0.497 e. The number of ether oxygens (including phenoxy) is 1. The summed E-state index contributed by atoms with van der Waals surface area (Å²) >= 11 is 0. The van der Waals surface area contributed by atoms with Crippen molar-refractivity contribution < 1.29 is 9.84 Å². The first kappa shape index (κ1) is 15.0. The maximum Gasteiger partial charge on any atom is 0.118 e. The van der Waals surface area contributed by atoms with E-state index in [-0.39, 0.29) is 0 Å². The third-order valence-corrected chi connectivity index (χ3v) is 3.25. The van der Waals surface area contributed by atoms with Gasteiger partial charge >= 0.3 is 0 Å². The van der Waals surface area contributed by atoms with Crippen molar-refractivity contribution in [3.8, 4) is 11.8 Å². The fraction of sp³-hybridized carbons (Fsp3) is 0.235. The number of nitriles is 1. The Balaban J connectivity index is 1.82. The second kappa shape index (κ2) is 7.44. The number of rotatable bonds is 6. The van der Waals surface area contributed by atoms with Gasteiger partial charge in [-0.2, -0.15) is 5.26 Å². The van der Waals surface area contributed by atoms with E-state index in [1.54, 1.807) is 19.2 Å². The minimum absolute atomic E-state index is 0.465. The number of aliphatic hydroxyl groups excluding tert-OH is 1. The van der Waals surface area contributed by atoms with Crippen LogP contribution >= 0.6 is 0 Å². The SMILES string of the molecule is COc1ccc([C@H](O)CNCc2ccc(C#N)cc2)cc1. The van der Waals surface area contributed by atoms with Gasteiger partial charge in [-0.15, -0.1) is 0 Å². The normalized spacial score (nSPS) is 11.7. The Bertz CT molecular complexity index is 600. The molecular weight excluding hydrogens is 264 g/mol. The Labute approximate surface area is 124 Å². The number of nitrogens with zero attached hydrogens (tertiary/aromatic N) is 1. The number of benzene rings is 2. The minimum Gasteiger partial charge on any atom is -0.497 e. The number of aliphatic hydroxyl groups is 1. The van der Waals surface area contributed by atoms with Crippen LogP contribution in [0.5, 0.6) is 5.75 Å². The van der Waals surface area contributed by atoms with Gasteiger partial charge in [0.05, 0.1) is 24.8 Å². The summed E-state index contributed by atoms with van der Waals surface area (Å²) in [7, 11) is 1.62. The predicted octanol–water partition coefficient (Wildman–Crippen LogP) is 2.39. The predicted molar refractivity (Wildman–Crippen MR) is 80.8 cm³/mol. The average molecular weight is 282 g/mol. The molecule has 0 saturated carbocycles.